The lowest BCUT2D eigenvalue weighted by Gasteiger charge is -2.29. The zero-order chi connectivity index (χ0) is 9.78. The number of aliphatic hydroxyl groups is 1. The van der Waals surface area contributed by atoms with Crippen molar-refractivity contribution in [2.24, 2.45) is 0 Å². The molecule has 0 aliphatic carbocycles. The topological polar surface area (TPSA) is 55.8 Å². The highest BCUT2D eigenvalue weighted by Crippen LogP contribution is 2.17. The first-order chi connectivity index (χ1) is 5.44. The second kappa shape index (κ2) is 4.42. The van der Waals surface area contributed by atoms with Crippen molar-refractivity contribution < 1.29 is 19.4 Å². The third-order valence-corrected chi connectivity index (χ3v) is 1.69. The van der Waals surface area contributed by atoms with Crippen LogP contribution in [0.25, 0.3) is 0 Å². The standard InChI is InChI=1S/C8H16O4/c1-5-7(12-6(2)9)8(3,10)11-4/h7,10H,5H2,1-4H3. The van der Waals surface area contributed by atoms with E-state index in [1.807, 2.05) is 0 Å². The SMILES string of the molecule is CCC(OC(C)=O)C(C)(O)OC. The van der Waals surface area contributed by atoms with Crippen molar-refractivity contribution in [2.45, 2.75) is 39.1 Å². The summed E-state index contributed by atoms with van der Waals surface area (Å²) in [6.07, 6.45) is -0.0968. The third-order valence-electron chi connectivity index (χ3n) is 1.69. The average molecular weight is 176 g/mol. The fraction of sp³-hybridized carbons (Fsp3) is 0.875. The van der Waals surface area contributed by atoms with Gasteiger partial charge in [-0.25, -0.2) is 0 Å². The number of rotatable bonds is 4. The van der Waals surface area contributed by atoms with Crippen LogP contribution >= 0.6 is 0 Å². The smallest absolute Gasteiger partial charge is 0.303 e. The highest BCUT2D eigenvalue weighted by molar-refractivity contribution is 5.66. The van der Waals surface area contributed by atoms with Gasteiger partial charge in [-0.05, 0) is 13.3 Å². The van der Waals surface area contributed by atoms with E-state index in [1.165, 1.54) is 21.0 Å². The zero-order valence-electron chi connectivity index (χ0n) is 7.96. The Labute approximate surface area is 72.5 Å². The Kier molecular flexibility index (Phi) is 4.20. The number of hydrogen-bond acceptors (Lipinski definition) is 4. The van der Waals surface area contributed by atoms with Gasteiger partial charge in [0.25, 0.3) is 0 Å². The molecule has 1 N–H and O–H groups in total. The Hall–Kier alpha value is -0.610. The van der Waals surface area contributed by atoms with Crippen molar-refractivity contribution in [1.29, 1.82) is 0 Å². The lowest BCUT2D eigenvalue weighted by atomic mass is 10.1. The fourth-order valence-electron chi connectivity index (χ4n) is 0.903. The van der Waals surface area contributed by atoms with Crippen LogP contribution in [0.5, 0.6) is 0 Å². The maximum absolute atomic E-state index is 10.6. The Morgan fingerprint density at radius 2 is 2.17 bits per heavy atom. The van der Waals surface area contributed by atoms with Crippen LogP contribution in [-0.4, -0.2) is 30.1 Å². The van der Waals surface area contributed by atoms with E-state index in [0.717, 1.165) is 0 Å². The van der Waals surface area contributed by atoms with Crippen LogP contribution in [0.3, 0.4) is 0 Å². The minimum atomic E-state index is -1.40. The van der Waals surface area contributed by atoms with Gasteiger partial charge in [0, 0.05) is 14.0 Å². The molecule has 0 aromatic carbocycles. The summed E-state index contributed by atoms with van der Waals surface area (Å²) in [6.45, 7) is 4.57. The van der Waals surface area contributed by atoms with Gasteiger partial charge in [-0.1, -0.05) is 6.92 Å². The first kappa shape index (κ1) is 11.4. The van der Waals surface area contributed by atoms with Crippen LogP contribution in [0.15, 0.2) is 0 Å². The molecule has 0 rings (SSSR count). The Bertz CT molecular complexity index is 153. The molecular weight excluding hydrogens is 160 g/mol. The van der Waals surface area contributed by atoms with Crippen molar-refractivity contribution in [3.63, 3.8) is 0 Å². The highest BCUT2D eigenvalue weighted by Gasteiger charge is 2.32. The lowest BCUT2D eigenvalue weighted by Crippen LogP contribution is -2.43. The molecule has 2 unspecified atom stereocenters. The predicted octanol–water partition coefficient (Wildman–Crippen LogP) is 0.683. The summed E-state index contributed by atoms with van der Waals surface area (Å²) in [4.78, 5) is 10.6. The normalized spacial score (nSPS) is 18.1. The summed E-state index contributed by atoms with van der Waals surface area (Å²) in [7, 11) is 1.37. The summed E-state index contributed by atoms with van der Waals surface area (Å²) >= 11 is 0. The molecule has 0 radical (unpaired) electrons. The minimum Gasteiger partial charge on any atom is -0.457 e. The fourth-order valence-corrected chi connectivity index (χ4v) is 0.903. The van der Waals surface area contributed by atoms with Gasteiger partial charge >= 0.3 is 5.97 Å². The van der Waals surface area contributed by atoms with Gasteiger partial charge in [0.1, 0.15) is 0 Å². The van der Waals surface area contributed by atoms with E-state index >= 15 is 0 Å². The maximum Gasteiger partial charge on any atom is 0.303 e. The summed E-state index contributed by atoms with van der Waals surface area (Å²) in [5, 5.41) is 9.53. The molecule has 0 fully saturated rings. The van der Waals surface area contributed by atoms with Crippen molar-refractivity contribution in [1.82, 2.24) is 0 Å². The number of ether oxygens (including phenoxy) is 2. The Morgan fingerprint density at radius 3 is 2.42 bits per heavy atom. The predicted molar refractivity (Wildman–Crippen MR) is 43.5 cm³/mol. The van der Waals surface area contributed by atoms with Crippen LogP contribution in [0.4, 0.5) is 0 Å². The number of carbonyl (C=O) groups excluding carboxylic acids is 1. The van der Waals surface area contributed by atoms with E-state index < -0.39 is 17.9 Å². The Balaban J connectivity index is 4.23. The van der Waals surface area contributed by atoms with E-state index in [-0.39, 0.29) is 0 Å². The van der Waals surface area contributed by atoms with Crippen LogP contribution in [0.2, 0.25) is 0 Å². The van der Waals surface area contributed by atoms with Crippen molar-refractivity contribution in [2.75, 3.05) is 7.11 Å². The summed E-state index contributed by atoms with van der Waals surface area (Å²) in [5.74, 6) is -1.82. The molecule has 72 valence electrons. The first-order valence-electron chi connectivity index (χ1n) is 3.88. The quantitative estimate of drug-likeness (QED) is 0.505. The third kappa shape index (κ3) is 3.19. The van der Waals surface area contributed by atoms with E-state index in [1.54, 1.807) is 6.92 Å². The molecule has 0 bridgehead atoms. The van der Waals surface area contributed by atoms with Gasteiger partial charge in [0.2, 0.25) is 0 Å². The summed E-state index contributed by atoms with van der Waals surface area (Å²) < 4.78 is 9.61. The van der Waals surface area contributed by atoms with Gasteiger partial charge in [-0.2, -0.15) is 0 Å². The van der Waals surface area contributed by atoms with Crippen LogP contribution in [-0.2, 0) is 14.3 Å². The monoisotopic (exact) mass is 176 g/mol. The van der Waals surface area contributed by atoms with Crippen LogP contribution < -0.4 is 0 Å². The molecule has 0 heterocycles. The van der Waals surface area contributed by atoms with Crippen LogP contribution in [0, 0.1) is 0 Å². The van der Waals surface area contributed by atoms with Crippen LogP contribution in [0.1, 0.15) is 27.2 Å². The highest BCUT2D eigenvalue weighted by atomic mass is 16.7. The zero-order valence-corrected chi connectivity index (χ0v) is 7.96. The molecule has 0 amide bonds. The molecular formula is C8H16O4. The number of esters is 1. The molecule has 0 saturated heterocycles. The average Bonchev–Trinajstić information content (AvgIpc) is 1.99. The second-order valence-corrected chi connectivity index (χ2v) is 2.77. The van der Waals surface area contributed by atoms with Gasteiger partial charge in [-0.3, -0.25) is 4.79 Å². The molecule has 0 saturated carbocycles. The van der Waals surface area contributed by atoms with E-state index in [2.05, 4.69) is 0 Å². The molecule has 0 aromatic heterocycles. The molecule has 12 heavy (non-hydrogen) atoms. The molecule has 0 aliphatic rings. The van der Waals surface area contributed by atoms with Gasteiger partial charge in [-0.15, -0.1) is 0 Å². The maximum atomic E-state index is 10.6. The second-order valence-electron chi connectivity index (χ2n) is 2.77. The molecule has 0 aromatic rings. The van der Waals surface area contributed by atoms with E-state index in [0.29, 0.717) is 6.42 Å². The summed E-state index contributed by atoms with van der Waals surface area (Å²) in [5.41, 5.74) is 0. The number of carbonyl (C=O) groups is 1. The molecule has 4 nitrogen and oxygen atoms in total. The molecule has 4 heteroatoms. The van der Waals surface area contributed by atoms with Crippen molar-refractivity contribution in [3.8, 4) is 0 Å². The van der Waals surface area contributed by atoms with Gasteiger partial charge < -0.3 is 14.6 Å². The molecule has 0 spiro atoms. The van der Waals surface area contributed by atoms with E-state index in [9.17, 15) is 9.90 Å². The molecule has 2 atom stereocenters. The lowest BCUT2D eigenvalue weighted by molar-refractivity contribution is -0.240. The number of hydrogen-bond donors (Lipinski definition) is 1. The largest absolute Gasteiger partial charge is 0.457 e. The van der Waals surface area contributed by atoms with Gasteiger partial charge in [0.15, 0.2) is 11.9 Å². The van der Waals surface area contributed by atoms with Gasteiger partial charge in [0.05, 0.1) is 0 Å². The number of methoxy groups -OCH3 is 1. The minimum absolute atomic E-state index is 0.417. The summed E-state index contributed by atoms with van der Waals surface area (Å²) in [6, 6.07) is 0. The first-order valence-corrected chi connectivity index (χ1v) is 3.88. The molecule has 0 aliphatic heterocycles. The van der Waals surface area contributed by atoms with E-state index in [4.69, 9.17) is 9.47 Å². The van der Waals surface area contributed by atoms with Crippen molar-refractivity contribution >= 4 is 5.97 Å². The Morgan fingerprint density at radius 1 is 1.67 bits per heavy atom. The van der Waals surface area contributed by atoms with Crippen molar-refractivity contribution in [3.05, 3.63) is 0 Å².